The van der Waals surface area contributed by atoms with Crippen LogP contribution in [0, 0.1) is 18.6 Å². The van der Waals surface area contributed by atoms with Gasteiger partial charge >= 0.3 is 0 Å². The SMILES string of the molecule is Cc1cc(F)c(NC(=O)Cc2nc(CCl)cs2)cc1F. The standard InChI is InChI=1S/C13H11ClF2N2OS/c1-7-2-10(16)11(3-9(7)15)18-12(19)4-13-17-8(5-14)6-20-13/h2-3,6H,4-5H2,1H3,(H,18,19). The van der Waals surface area contributed by atoms with E-state index in [0.29, 0.717) is 10.7 Å². The third kappa shape index (κ3) is 3.52. The molecule has 1 aromatic carbocycles. The van der Waals surface area contributed by atoms with Gasteiger partial charge in [0.1, 0.15) is 16.6 Å². The number of nitrogens with zero attached hydrogens (tertiary/aromatic N) is 1. The number of carbonyl (C=O) groups excluding carboxylic acids is 1. The lowest BCUT2D eigenvalue weighted by molar-refractivity contribution is -0.115. The van der Waals surface area contributed by atoms with Crippen LogP contribution in [-0.4, -0.2) is 10.9 Å². The number of rotatable bonds is 4. The van der Waals surface area contributed by atoms with Crippen molar-refractivity contribution in [3.05, 3.63) is 45.4 Å². The predicted molar refractivity (Wildman–Crippen MR) is 75.1 cm³/mol. The molecule has 106 valence electrons. The third-order valence-electron chi connectivity index (χ3n) is 2.57. The highest BCUT2D eigenvalue weighted by molar-refractivity contribution is 7.09. The summed E-state index contributed by atoms with van der Waals surface area (Å²) in [5, 5.41) is 4.66. The molecule has 0 bridgehead atoms. The predicted octanol–water partition coefficient (Wildman–Crippen LogP) is 3.65. The monoisotopic (exact) mass is 316 g/mol. The van der Waals surface area contributed by atoms with Crippen LogP contribution in [0.5, 0.6) is 0 Å². The first-order valence-electron chi connectivity index (χ1n) is 5.74. The molecule has 7 heteroatoms. The molecule has 1 aromatic heterocycles. The van der Waals surface area contributed by atoms with E-state index in [1.165, 1.54) is 18.3 Å². The molecule has 0 atom stereocenters. The molecule has 1 amide bonds. The highest BCUT2D eigenvalue weighted by Crippen LogP contribution is 2.19. The number of carbonyl (C=O) groups is 1. The highest BCUT2D eigenvalue weighted by Gasteiger charge is 2.12. The Morgan fingerprint density at radius 1 is 1.40 bits per heavy atom. The number of amides is 1. The lowest BCUT2D eigenvalue weighted by Gasteiger charge is -2.07. The first kappa shape index (κ1) is 14.9. The van der Waals surface area contributed by atoms with Gasteiger partial charge in [0.15, 0.2) is 0 Å². The lowest BCUT2D eigenvalue weighted by Crippen LogP contribution is -2.15. The molecule has 20 heavy (non-hydrogen) atoms. The molecule has 2 rings (SSSR count). The Hall–Kier alpha value is -1.53. The summed E-state index contributed by atoms with van der Waals surface area (Å²) in [6, 6.07) is 2.01. The number of nitrogens with one attached hydrogen (secondary N) is 1. The number of anilines is 1. The number of aromatic nitrogens is 1. The summed E-state index contributed by atoms with van der Waals surface area (Å²) in [5.74, 6) is -1.42. The van der Waals surface area contributed by atoms with Gasteiger partial charge in [-0.2, -0.15) is 0 Å². The summed E-state index contributed by atoms with van der Waals surface area (Å²) in [4.78, 5) is 15.9. The Labute approximate surface area is 123 Å². The Balaban J connectivity index is 2.06. The van der Waals surface area contributed by atoms with Crippen LogP contribution in [0.4, 0.5) is 14.5 Å². The van der Waals surface area contributed by atoms with Crippen LogP contribution in [-0.2, 0) is 17.1 Å². The van der Waals surface area contributed by atoms with Crippen LogP contribution in [0.15, 0.2) is 17.5 Å². The Morgan fingerprint density at radius 2 is 2.15 bits per heavy atom. The van der Waals surface area contributed by atoms with Gasteiger partial charge in [-0.3, -0.25) is 4.79 Å². The van der Waals surface area contributed by atoms with Gasteiger partial charge in [-0.1, -0.05) is 0 Å². The first-order chi connectivity index (χ1) is 9.49. The number of hydrogen-bond acceptors (Lipinski definition) is 3. The van der Waals surface area contributed by atoms with Gasteiger partial charge in [-0.15, -0.1) is 22.9 Å². The van der Waals surface area contributed by atoms with E-state index in [4.69, 9.17) is 11.6 Å². The summed E-state index contributed by atoms with van der Waals surface area (Å²) < 4.78 is 26.9. The molecule has 2 aromatic rings. The van der Waals surface area contributed by atoms with Gasteiger partial charge in [0.2, 0.25) is 5.91 Å². The molecule has 1 heterocycles. The van der Waals surface area contributed by atoms with E-state index in [2.05, 4.69) is 10.3 Å². The molecule has 0 fully saturated rings. The average molecular weight is 317 g/mol. The normalized spacial score (nSPS) is 10.6. The number of hydrogen-bond donors (Lipinski definition) is 1. The van der Waals surface area contributed by atoms with Crippen molar-refractivity contribution < 1.29 is 13.6 Å². The minimum Gasteiger partial charge on any atom is -0.323 e. The van der Waals surface area contributed by atoms with E-state index in [-0.39, 0.29) is 23.6 Å². The van der Waals surface area contributed by atoms with Crippen molar-refractivity contribution in [3.63, 3.8) is 0 Å². The number of aryl methyl sites for hydroxylation is 1. The third-order valence-corrected chi connectivity index (χ3v) is 3.74. The maximum atomic E-state index is 13.6. The zero-order valence-electron chi connectivity index (χ0n) is 10.5. The van der Waals surface area contributed by atoms with Crippen molar-refractivity contribution in [1.29, 1.82) is 0 Å². The second kappa shape index (κ2) is 6.28. The number of benzene rings is 1. The summed E-state index contributed by atoms with van der Waals surface area (Å²) >= 11 is 6.91. The molecule has 3 nitrogen and oxygen atoms in total. The number of thiazole rings is 1. The molecule has 0 aliphatic carbocycles. The van der Waals surface area contributed by atoms with Crippen molar-refractivity contribution in [2.24, 2.45) is 0 Å². The topological polar surface area (TPSA) is 42.0 Å². The van der Waals surface area contributed by atoms with Gasteiger partial charge in [0.25, 0.3) is 0 Å². The van der Waals surface area contributed by atoms with Gasteiger partial charge < -0.3 is 5.32 Å². The van der Waals surface area contributed by atoms with E-state index < -0.39 is 17.5 Å². The van der Waals surface area contributed by atoms with Crippen molar-refractivity contribution in [3.8, 4) is 0 Å². The quantitative estimate of drug-likeness (QED) is 0.875. The molecular formula is C13H11ClF2N2OS. The second-order valence-corrected chi connectivity index (χ2v) is 5.38. The van der Waals surface area contributed by atoms with Crippen LogP contribution in [0.2, 0.25) is 0 Å². The lowest BCUT2D eigenvalue weighted by atomic mass is 10.2. The van der Waals surface area contributed by atoms with E-state index >= 15 is 0 Å². The van der Waals surface area contributed by atoms with E-state index in [9.17, 15) is 13.6 Å². The Morgan fingerprint density at radius 3 is 2.80 bits per heavy atom. The molecule has 1 N–H and O–H groups in total. The summed E-state index contributed by atoms with van der Waals surface area (Å²) in [7, 11) is 0. The van der Waals surface area contributed by atoms with Crippen molar-refractivity contribution >= 4 is 34.5 Å². The smallest absolute Gasteiger partial charge is 0.231 e. The molecule has 0 unspecified atom stereocenters. The Kier molecular flexibility index (Phi) is 4.67. The van der Waals surface area contributed by atoms with Gasteiger partial charge in [-0.25, -0.2) is 13.8 Å². The molecule has 0 saturated heterocycles. The van der Waals surface area contributed by atoms with Gasteiger partial charge in [0, 0.05) is 11.4 Å². The van der Waals surface area contributed by atoms with E-state index in [0.717, 1.165) is 12.1 Å². The summed E-state index contributed by atoms with van der Waals surface area (Å²) in [6.45, 7) is 1.45. The minimum absolute atomic E-state index is 0.00348. The molecular weight excluding hydrogens is 306 g/mol. The molecule has 0 aliphatic rings. The highest BCUT2D eigenvalue weighted by atomic mass is 35.5. The van der Waals surface area contributed by atoms with Crippen LogP contribution in [0.1, 0.15) is 16.3 Å². The average Bonchev–Trinajstić information content (AvgIpc) is 2.83. The fourth-order valence-corrected chi connectivity index (χ4v) is 2.59. The van der Waals surface area contributed by atoms with E-state index in [1.54, 1.807) is 5.38 Å². The van der Waals surface area contributed by atoms with Crippen molar-refractivity contribution in [2.75, 3.05) is 5.32 Å². The molecule has 0 saturated carbocycles. The second-order valence-electron chi connectivity index (χ2n) is 4.17. The maximum Gasteiger partial charge on any atom is 0.231 e. The zero-order valence-corrected chi connectivity index (χ0v) is 12.1. The maximum absolute atomic E-state index is 13.6. The van der Waals surface area contributed by atoms with Gasteiger partial charge in [-0.05, 0) is 18.6 Å². The van der Waals surface area contributed by atoms with Crippen LogP contribution in [0.3, 0.4) is 0 Å². The van der Waals surface area contributed by atoms with Crippen LogP contribution < -0.4 is 5.32 Å². The van der Waals surface area contributed by atoms with Crippen molar-refractivity contribution in [2.45, 2.75) is 19.2 Å². The first-order valence-corrected chi connectivity index (χ1v) is 7.15. The van der Waals surface area contributed by atoms with E-state index in [1.807, 2.05) is 0 Å². The zero-order chi connectivity index (χ0) is 14.7. The van der Waals surface area contributed by atoms with Crippen LogP contribution >= 0.6 is 22.9 Å². The van der Waals surface area contributed by atoms with Crippen molar-refractivity contribution in [1.82, 2.24) is 4.98 Å². The summed E-state index contributed by atoms with van der Waals surface area (Å²) in [5.41, 5.74) is 0.700. The fourth-order valence-electron chi connectivity index (χ4n) is 1.57. The van der Waals surface area contributed by atoms with Gasteiger partial charge in [0.05, 0.1) is 23.7 Å². The minimum atomic E-state index is -0.669. The molecule has 0 aliphatic heterocycles. The Bertz CT molecular complexity index is 645. The molecule has 0 radical (unpaired) electrons. The number of halogens is 3. The van der Waals surface area contributed by atoms with Crippen LogP contribution in [0.25, 0.3) is 0 Å². The summed E-state index contributed by atoms with van der Waals surface area (Å²) in [6.07, 6.45) is -0.00348. The largest absolute Gasteiger partial charge is 0.323 e. The number of alkyl halides is 1. The fraction of sp³-hybridized carbons (Fsp3) is 0.231. The molecule has 0 spiro atoms.